The first kappa shape index (κ1) is 25.4. The van der Waals surface area contributed by atoms with Gasteiger partial charge in [0.25, 0.3) is 0 Å². The molecule has 0 bridgehead atoms. The second-order valence-electron chi connectivity index (χ2n) is 10.6. The molecule has 0 aromatic rings. The summed E-state index contributed by atoms with van der Waals surface area (Å²) in [5.74, 6) is -4.81. The van der Waals surface area contributed by atoms with Crippen molar-refractivity contribution >= 4 is 29.0 Å². The molecule has 0 spiro atoms. The topological polar surface area (TPSA) is 72.8 Å². The number of carbonyl (C=O) groups is 2. The number of ether oxygens (including phenoxy) is 2. The van der Waals surface area contributed by atoms with Crippen LogP contribution in [0.15, 0.2) is 23.6 Å². The van der Waals surface area contributed by atoms with Crippen molar-refractivity contribution in [3.05, 3.63) is 23.6 Å². The van der Waals surface area contributed by atoms with Crippen molar-refractivity contribution < 1.29 is 37.3 Å². The van der Waals surface area contributed by atoms with E-state index < -0.39 is 81.7 Å². The average Bonchev–Trinajstić information content (AvgIpc) is 3.00. The highest BCUT2D eigenvalue weighted by atomic mass is 32.1. The Morgan fingerprint density at radius 3 is 2.53 bits per heavy atom. The highest BCUT2D eigenvalue weighted by molar-refractivity contribution is 7.80. The fourth-order valence-corrected chi connectivity index (χ4v) is 8.19. The zero-order valence-corrected chi connectivity index (χ0v) is 20.8. The van der Waals surface area contributed by atoms with E-state index in [1.165, 1.54) is 20.1 Å². The van der Waals surface area contributed by atoms with Gasteiger partial charge < -0.3 is 14.6 Å². The molecular weight excluding hydrogens is 469 g/mol. The number of halogens is 3. The molecule has 0 radical (unpaired) electrons. The molecule has 0 amide bonds. The largest absolute Gasteiger partial charge is 0.487 e. The lowest BCUT2D eigenvalue weighted by molar-refractivity contribution is -0.222. The summed E-state index contributed by atoms with van der Waals surface area (Å²) in [6.45, 7) is 6.59. The summed E-state index contributed by atoms with van der Waals surface area (Å²) in [5, 5.41) is 11.4. The summed E-state index contributed by atoms with van der Waals surface area (Å²) >= 11 is 5.54. The number of methoxy groups -OCH3 is 1. The molecule has 4 rings (SSSR count). The number of ketones is 1. The third-order valence-electron chi connectivity index (χ3n) is 9.30. The summed E-state index contributed by atoms with van der Waals surface area (Å²) in [6.07, 6.45) is -1.61. The van der Waals surface area contributed by atoms with Crippen LogP contribution >= 0.6 is 12.2 Å². The van der Waals surface area contributed by atoms with E-state index >= 15 is 8.78 Å². The Morgan fingerprint density at radius 2 is 1.94 bits per heavy atom. The Hall–Kier alpha value is -1.74. The first-order chi connectivity index (χ1) is 15.8. The van der Waals surface area contributed by atoms with Gasteiger partial charge in [0, 0.05) is 34.7 Å². The zero-order valence-electron chi connectivity index (χ0n) is 20.0. The van der Waals surface area contributed by atoms with Crippen molar-refractivity contribution in [1.82, 2.24) is 0 Å². The van der Waals surface area contributed by atoms with Gasteiger partial charge in [-0.2, -0.15) is 0 Å². The van der Waals surface area contributed by atoms with Crippen LogP contribution in [-0.2, 0) is 19.1 Å². The van der Waals surface area contributed by atoms with Gasteiger partial charge in [0.05, 0.1) is 13.2 Å². The molecule has 1 N–H and O–H groups in total. The third-order valence-corrected chi connectivity index (χ3v) is 9.77. The molecule has 0 unspecified atom stereocenters. The monoisotopic (exact) mass is 500 g/mol. The third kappa shape index (κ3) is 2.80. The van der Waals surface area contributed by atoms with E-state index in [1.54, 1.807) is 13.8 Å². The highest BCUT2D eigenvalue weighted by Gasteiger charge is 2.78. The van der Waals surface area contributed by atoms with E-state index in [4.69, 9.17) is 21.7 Å². The first-order valence-electron chi connectivity index (χ1n) is 11.7. The summed E-state index contributed by atoms with van der Waals surface area (Å²) in [5.41, 5.74) is -7.31. The van der Waals surface area contributed by atoms with Crippen LogP contribution in [0.2, 0.25) is 0 Å². The number of alkyl halides is 2. The maximum atomic E-state index is 17.3. The lowest BCUT2D eigenvalue weighted by Gasteiger charge is -2.63. The van der Waals surface area contributed by atoms with Crippen molar-refractivity contribution in [1.29, 1.82) is 0 Å². The normalized spacial score (nSPS) is 47.6. The van der Waals surface area contributed by atoms with Crippen LogP contribution in [-0.4, -0.2) is 52.6 Å². The van der Waals surface area contributed by atoms with Gasteiger partial charge in [0.1, 0.15) is 6.17 Å². The number of allylic oxidation sites excluding steroid dienone is 4. The molecule has 4 aliphatic rings. The molecule has 5 nitrogen and oxygen atoms in total. The Kier molecular flexibility index (Phi) is 5.88. The van der Waals surface area contributed by atoms with Gasteiger partial charge in [-0.3, -0.25) is 9.59 Å². The van der Waals surface area contributed by atoms with Crippen LogP contribution in [0.5, 0.6) is 0 Å². The standard InChI is InChI=1S/C25H31F3O5S/c1-6-18(31)33-25(21(34)32-5)12(2)9-13-14-10-15(26)19-20(27)16(29)7-8-22(19,3)24(14,28)17(30)11-23(13,25)4/h7-8,12-15,17,30H,6,9-11H2,1-5H3/t12-,13+,14+,15+,17+,22+,23+,24+,25+/m1/s1. The summed E-state index contributed by atoms with van der Waals surface area (Å²) in [4.78, 5) is 24.5. The van der Waals surface area contributed by atoms with Crippen molar-refractivity contribution in [3.8, 4) is 0 Å². The van der Waals surface area contributed by atoms with E-state index in [0.717, 1.165) is 6.08 Å². The number of thiocarbonyl (C=S) groups is 1. The molecule has 9 atom stereocenters. The van der Waals surface area contributed by atoms with E-state index in [1.807, 2.05) is 6.92 Å². The number of esters is 1. The zero-order chi connectivity index (χ0) is 25.4. The molecule has 34 heavy (non-hydrogen) atoms. The van der Waals surface area contributed by atoms with Gasteiger partial charge in [0.2, 0.25) is 10.8 Å². The summed E-state index contributed by atoms with van der Waals surface area (Å²) in [6, 6.07) is 0. The number of fused-ring (bicyclic) bond motifs is 5. The fourth-order valence-electron chi connectivity index (χ4n) is 7.71. The Bertz CT molecular complexity index is 1010. The number of aliphatic hydroxyl groups excluding tert-OH is 1. The second kappa shape index (κ2) is 7.88. The molecule has 0 aliphatic heterocycles. The van der Waals surface area contributed by atoms with E-state index in [2.05, 4.69) is 0 Å². The molecular formula is C25H31F3O5S. The molecule has 9 heteroatoms. The van der Waals surface area contributed by atoms with Crippen LogP contribution in [0, 0.1) is 28.6 Å². The molecule has 0 saturated heterocycles. The van der Waals surface area contributed by atoms with Crippen molar-refractivity contribution in [2.45, 2.75) is 76.9 Å². The van der Waals surface area contributed by atoms with Crippen LogP contribution in [0.3, 0.4) is 0 Å². The van der Waals surface area contributed by atoms with Gasteiger partial charge in [-0.1, -0.05) is 26.8 Å². The van der Waals surface area contributed by atoms with Gasteiger partial charge in [-0.25, -0.2) is 13.2 Å². The van der Waals surface area contributed by atoms with E-state index in [0.29, 0.717) is 6.42 Å². The Labute approximate surface area is 202 Å². The summed E-state index contributed by atoms with van der Waals surface area (Å²) in [7, 11) is 1.37. The van der Waals surface area contributed by atoms with Gasteiger partial charge >= 0.3 is 5.97 Å². The predicted octanol–water partition coefficient (Wildman–Crippen LogP) is 4.51. The Morgan fingerprint density at radius 1 is 1.29 bits per heavy atom. The fraction of sp³-hybridized carbons (Fsp3) is 0.720. The molecule has 0 aromatic heterocycles. The highest BCUT2D eigenvalue weighted by Crippen LogP contribution is 2.72. The summed E-state index contributed by atoms with van der Waals surface area (Å²) < 4.78 is 59.0. The van der Waals surface area contributed by atoms with Crippen LogP contribution < -0.4 is 0 Å². The maximum Gasteiger partial charge on any atom is 0.306 e. The molecule has 188 valence electrons. The lowest BCUT2D eigenvalue weighted by atomic mass is 9.44. The smallest absolute Gasteiger partial charge is 0.306 e. The van der Waals surface area contributed by atoms with Crippen LogP contribution in [0.1, 0.15) is 53.4 Å². The lowest BCUT2D eigenvalue weighted by Crippen LogP contribution is -2.71. The quantitative estimate of drug-likeness (QED) is 0.454. The molecule has 0 aromatic carbocycles. The van der Waals surface area contributed by atoms with E-state index in [-0.39, 0.29) is 17.9 Å². The predicted molar refractivity (Wildman–Crippen MR) is 122 cm³/mol. The number of hydrogen-bond acceptors (Lipinski definition) is 6. The maximum absolute atomic E-state index is 17.3. The van der Waals surface area contributed by atoms with Crippen LogP contribution in [0.4, 0.5) is 13.2 Å². The second-order valence-corrected chi connectivity index (χ2v) is 11.0. The van der Waals surface area contributed by atoms with Gasteiger partial charge in [-0.05, 0) is 50.4 Å². The molecule has 3 fully saturated rings. The first-order valence-corrected chi connectivity index (χ1v) is 12.1. The van der Waals surface area contributed by atoms with Crippen molar-refractivity contribution in [2.75, 3.05) is 7.11 Å². The minimum atomic E-state index is -2.44. The minimum absolute atomic E-state index is 0.0268. The minimum Gasteiger partial charge on any atom is -0.487 e. The molecule has 4 aliphatic carbocycles. The average molecular weight is 501 g/mol. The van der Waals surface area contributed by atoms with Gasteiger partial charge in [0.15, 0.2) is 17.1 Å². The SMILES string of the molecule is CCC(=O)O[C@]1(C(=S)OC)[C@H](C)C[C@H]2[C@@H]3C[C@H](F)C4=C(F)C(=O)C=C[C@]4(C)[C@@]3(F)[C@@H](O)C[C@@]21C. The van der Waals surface area contributed by atoms with Crippen molar-refractivity contribution in [2.24, 2.45) is 28.6 Å². The molecule has 0 heterocycles. The van der Waals surface area contributed by atoms with Crippen LogP contribution in [0.25, 0.3) is 0 Å². The van der Waals surface area contributed by atoms with E-state index in [9.17, 15) is 19.1 Å². The number of hydrogen-bond donors (Lipinski definition) is 1. The number of rotatable bonds is 3. The number of aliphatic hydroxyl groups is 1. The Balaban J connectivity index is 1.90. The van der Waals surface area contributed by atoms with Gasteiger partial charge in [-0.15, -0.1) is 0 Å². The van der Waals surface area contributed by atoms with Crippen molar-refractivity contribution in [3.63, 3.8) is 0 Å². The number of carbonyl (C=O) groups excluding carboxylic acids is 2. The molecule has 3 saturated carbocycles.